The minimum absolute atomic E-state index is 0.456. The van der Waals surface area contributed by atoms with Gasteiger partial charge in [-0.05, 0) is 36.1 Å². The Balaban J connectivity index is 1.82. The van der Waals surface area contributed by atoms with Crippen LogP contribution in [0.5, 0.6) is 0 Å². The molecule has 2 aromatic rings. The van der Waals surface area contributed by atoms with E-state index in [0.29, 0.717) is 11.5 Å². The molecule has 0 amide bonds. The van der Waals surface area contributed by atoms with Crippen molar-refractivity contribution in [1.29, 1.82) is 0 Å². The Labute approximate surface area is 112 Å². The van der Waals surface area contributed by atoms with Crippen LogP contribution in [0.1, 0.15) is 39.5 Å². The van der Waals surface area contributed by atoms with Gasteiger partial charge in [0.15, 0.2) is 0 Å². The van der Waals surface area contributed by atoms with E-state index in [0.717, 1.165) is 11.3 Å². The van der Waals surface area contributed by atoms with Crippen LogP contribution in [0.25, 0.3) is 10.2 Å². The fraction of sp³-hybridized carbons (Fsp3) is 0.571. The number of nitrogens with one attached hydrogen (secondary N) is 1. The summed E-state index contributed by atoms with van der Waals surface area (Å²) in [4.78, 5) is 8.69. The molecular weight excluding hydrogens is 242 g/mol. The SMILES string of the molecule is CC1(C)CCCC(Nc2ncnc3ccsc23)C1. The summed E-state index contributed by atoms with van der Waals surface area (Å²) >= 11 is 1.71. The van der Waals surface area contributed by atoms with Crippen LogP contribution in [0.4, 0.5) is 5.82 Å². The van der Waals surface area contributed by atoms with Gasteiger partial charge in [0, 0.05) is 6.04 Å². The summed E-state index contributed by atoms with van der Waals surface area (Å²) in [6.07, 6.45) is 6.78. The zero-order valence-electron chi connectivity index (χ0n) is 10.9. The van der Waals surface area contributed by atoms with E-state index >= 15 is 0 Å². The van der Waals surface area contributed by atoms with Crippen LogP contribution >= 0.6 is 11.3 Å². The predicted octanol–water partition coefficient (Wildman–Crippen LogP) is 4.07. The summed E-state index contributed by atoms with van der Waals surface area (Å²) in [6, 6.07) is 2.60. The average molecular weight is 261 g/mol. The maximum absolute atomic E-state index is 4.41. The van der Waals surface area contributed by atoms with Crippen LogP contribution in [0.2, 0.25) is 0 Å². The van der Waals surface area contributed by atoms with Crippen molar-refractivity contribution in [2.24, 2.45) is 5.41 Å². The van der Waals surface area contributed by atoms with Crippen molar-refractivity contribution in [3.8, 4) is 0 Å². The van der Waals surface area contributed by atoms with E-state index in [1.54, 1.807) is 17.7 Å². The largest absolute Gasteiger partial charge is 0.366 e. The van der Waals surface area contributed by atoms with Crippen molar-refractivity contribution in [3.63, 3.8) is 0 Å². The van der Waals surface area contributed by atoms with E-state index in [2.05, 4.69) is 40.6 Å². The van der Waals surface area contributed by atoms with Gasteiger partial charge < -0.3 is 5.32 Å². The molecule has 1 unspecified atom stereocenters. The van der Waals surface area contributed by atoms with Crippen molar-refractivity contribution in [3.05, 3.63) is 17.8 Å². The highest BCUT2D eigenvalue weighted by Gasteiger charge is 2.28. The summed E-state index contributed by atoms with van der Waals surface area (Å²) in [5.74, 6) is 1.01. The topological polar surface area (TPSA) is 37.8 Å². The van der Waals surface area contributed by atoms with Gasteiger partial charge in [-0.3, -0.25) is 0 Å². The van der Waals surface area contributed by atoms with E-state index in [9.17, 15) is 0 Å². The first kappa shape index (κ1) is 11.9. The van der Waals surface area contributed by atoms with Gasteiger partial charge in [0.2, 0.25) is 0 Å². The molecule has 1 atom stereocenters. The van der Waals surface area contributed by atoms with Crippen LogP contribution in [-0.4, -0.2) is 16.0 Å². The normalized spacial score (nSPS) is 23.1. The van der Waals surface area contributed by atoms with Gasteiger partial charge in [-0.15, -0.1) is 11.3 Å². The predicted molar refractivity (Wildman–Crippen MR) is 77.1 cm³/mol. The fourth-order valence-corrected chi connectivity index (χ4v) is 3.70. The third-order valence-electron chi connectivity index (χ3n) is 3.79. The number of thiophene rings is 1. The number of fused-ring (bicyclic) bond motifs is 1. The smallest absolute Gasteiger partial charge is 0.147 e. The molecule has 1 fully saturated rings. The Morgan fingerprint density at radius 1 is 1.39 bits per heavy atom. The van der Waals surface area contributed by atoms with Crippen molar-refractivity contribution in [2.45, 2.75) is 45.6 Å². The third-order valence-corrected chi connectivity index (χ3v) is 4.70. The number of hydrogen-bond donors (Lipinski definition) is 1. The Morgan fingerprint density at radius 2 is 2.28 bits per heavy atom. The van der Waals surface area contributed by atoms with Crippen LogP contribution in [0.3, 0.4) is 0 Å². The molecule has 2 heterocycles. The van der Waals surface area contributed by atoms with Crippen LogP contribution < -0.4 is 5.32 Å². The van der Waals surface area contributed by atoms with E-state index in [4.69, 9.17) is 0 Å². The summed E-state index contributed by atoms with van der Waals surface area (Å²) in [6.45, 7) is 4.73. The Morgan fingerprint density at radius 3 is 3.11 bits per heavy atom. The van der Waals surface area contributed by atoms with Crippen molar-refractivity contribution < 1.29 is 0 Å². The second-order valence-corrected chi connectivity index (χ2v) is 6.88. The van der Waals surface area contributed by atoms with Gasteiger partial charge in [0.25, 0.3) is 0 Å². The lowest BCUT2D eigenvalue weighted by molar-refractivity contribution is 0.229. The van der Waals surface area contributed by atoms with E-state index in [1.165, 1.54) is 30.4 Å². The maximum atomic E-state index is 4.41. The molecule has 96 valence electrons. The Bertz CT molecular complexity index is 547. The molecule has 0 saturated heterocycles. The maximum Gasteiger partial charge on any atom is 0.147 e. The van der Waals surface area contributed by atoms with Gasteiger partial charge in [-0.25, -0.2) is 9.97 Å². The van der Waals surface area contributed by atoms with Crippen LogP contribution in [0.15, 0.2) is 17.8 Å². The molecule has 0 aromatic carbocycles. The summed E-state index contributed by atoms with van der Waals surface area (Å²) in [5.41, 5.74) is 1.50. The fourth-order valence-electron chi connectivity index (χ4n) is 2.91. The molecule has 0 aliphatic heterocycles. The second kappa shape index (κ2) is 4.50. The third kappa shape index (κ3) is 2.34. The Hall–Kier alpha value is -1.16. The molecule has 1 aliphatic rings. The standard InChI is InChI=1S/C14H19N3S/c1-14(2)6-3-4-10(8-14)17-13-12-11(5-7-18-12)15-9-16-13/h5,7,9-10H,3-4,6,8H2,1-2H3,(H,15,16,17). The molecule has 3 rings (SSSR count). The highest BCUT2D eigenvalue weighted by Crippen LogP contribution is 2.37. The monoisotopic (exact) mass is 261 g/mol. The zero-order valence-corrected chi connectivity index (χ0v) is 11.8. The summed E-state index contributed by atoms with van der Waals surface area (Å²) < 4.78 is 1.18. The number of anilines is 1. The Kier molecular flexibility index (Phi) is 2.98. The molecule has 3 nitrogen and oxygen atoms in total. The first-order valence-electron chi connectivity index (χ1n) is 6.59. The second-order valence-electron chi connectivity index (χ2n) is 5.96. The quantitative estimate of drug-likeness (QED) is 0.885. The molecule has 18 heavy (non-hydrogen) atoms. The first-order valence-corrected chi connectivity index (χ1v) is 7.47. The van der Waals surface area contributed by atoms with Crippen molar-refractivity contribution >= 4 is 27.4 Å². The minimum Gasteiger partial charge on any atom is -0.366 e. The lowest BCUT2D eigenvalue weighted by Gasteiger charge is -2.35. The highest BCUT2D eigenvalue weighted by molar-refractivity contribution is 7.17. The first-order chi connectivity index (χ1) is 8.64. The van der Waals surface area contributed by atoms with Crippen LogP contribution in [-0.2, 0) is 0 Å². The van der Waals surface area contributed by atoms with Gasteiger partial charge in [-0.2, -0.15) is 0 Å². The lowest BCUT2D eigenvalue weighted by Crippen LogP contribution is -2.32. The van der Waals surface area contributed by atoms with Gasteiger partial charge in [-0.1, -0.05) is 20.3 Å². The van der Waals surface area contributed by atoms with E-state index in [1.807, 2.05) is 0 Å². The number of aromatic nitrogens is 2. The van der Waals surface area contributed by atoms with E-state index < -0.39 is 0 Å². The average Bonchev–Trinajstić information content (AvgIpc) is 2.77. The molecule has 0 bridgehead atoms. The number of hydrogen-bond acceptors (Lipinski definition) is 4. The van der Waals surface area contributed by atoms with Crippen LogP contribution in [0, 0.1) is 5.41 Å². The molecule has 0 spiro atoms. The van der Waals surface area contributed by atoms with Gasteiger partial charge in [0.1, 0.15) is 12.1 Å². The van der Waals surface area contributed by atoms with E-state index in [-0.39, 0.29) is 0 Å². The van der Waals surface area contributed by atoms with Crippen molar-refractivity contribution in [1.82, 2.24) is 9.97 Å². The van der Waals surface area contributed by atoms with Crippen molar-refractivity contribution in [2.75, 3.05) is 5.32 Å². The molecule has 4 heteroatoms. The summed E-state index contributed by atoms with van der Waals surface area (Å²) in [5, 5.41) is 5.70. The summed E-state index contributed by atoms with van der Waals surface area (Å²) in [7, 11) is 0. The molecular formula is C14H19N3S. The molecule has 1 aliphatic carbocycles. The molecule has 1 N–H and O–H groups in total. The van der Waals surface area contributed by atoms with Gasteiger partial charge in [0.05, 0.1) is 10.2 Å². The number of nitrogens with zero attached hydrogens (tertiary/aromatic N) is 2. The minimum atomic E-state index is 0.456. The highest BCUT2D eigenvalue weighted by atomic mass is 32.1. The van der Waals surface area contributed by atoms with Gasteiger partial charge >= 0.3 is 0 Å². The lowest BCUT2D eigenvalue weighted by atomic mass is 9.75. The molecule has 1 saturated carbocycles. The zero-order chi connectivity index (χ0) is 12.6. The molecule has 2 aromatic heterocycles. The molecule has 0 radical (unpaired) electrons. The number of rotatable bonds is 2.